The second-order valence-corrected chi connectivity index (χ2v) is 3.87. The van der Waals surface area contributed by atoms with Gasteiger partial charge in [0.05, 0.1) is 4.92 Å². The van der Waals surface area contributed by atoms with Gasteiger partial charge < -0.3 is 10.6 Å². The number of rotatable bonds is 3. The van der Waals surface area contributed by atoms with E-state index in [9.17, 15) is 14.5 Å². The van der Waals surface area contributed by atoms with Crippen LogP contribution in [0.2, 0.25) is 0 Å². The van der Waals surface area contributed by atoms with Crippen LogP contribution in [-0.4, -0.2) is 17.0 Å². The van der Waals surface area contributed by atoms with Crippen molar-refractivity contribution in [1.29, 1.82) is 0 Å². The number of hydrogen-bond donors (Lipinski definition) is 1. The van der Waals surface area contributed by atoms with Crippen LogP contribution in [0.25, 0.3) is 0 Å². The van der Waals surface area contributed by atoms with Gasteiger partial charge in [0.15, 0.2) is 0 Å². The van der Waals surface area contributed by atoms with Gasteiger partial charge in [0.25, 0.3) is 0 Å². The fourth-order valence-electron chi connectivity index (χ4n) is 1.65. The molecule has 0 aliphatic heterocycles. The van der Waals surface area contributed by atoms with Crippen molar-refractivity contribution in [2.75, 3.05) is 17.7 Å². The zero-order valence-corrected chi connectivity index (χ0v) is 10.1. The van der Waals surface area contributed by atoms with Crippen LogP contribution in [0.3, 0.4) is 0 Å². The lowest BCUT2D eigenvalue weighted by Crippen LogP contribution is -2.14. The normalized spacial score (nSPS) is 10.2. The first-order valence-corrected chi connectivity index (χ1v) is 5.39. The maximum Gasteiger partial charge on any atom is 0.312 e. The Morgan fingerprint density at radius 3 is 2.74 bits per heavy atom. The van der Waals surface area contributed by atoms with E-state index in [0.717, 1.165) is 0 Å². The quantitative estimate of drug-likeness (QED) is 0.678. The molecule has 1 aromatic heterocycles. The van der Waals surface area contributed by atoms with Gasteiger partial charge in [0.1, 0.15) is 11.6 Å². The van der Waals surface area contributed by atoms with Gasteiger partial charge in [0, 0.05) is 18.8 Å². The molecule has 2 aromatic rings. The van der Waals surface area contributed by atoms with E-state index in [1.165, 1.54) is 35.2 Å². The number of benzene rings is 1. The second kappa shape index (κ2) is 4.89. The number of nitrogens with two attached hydrogens (primary N) is 1. The molecule has 0 aliphatic rings. The Hall–Kier alpha value is -2.70. The van der Waals surface area contributed by atoms with Crippen LogP contribution < -0.4 is 10.6 Å². The third-order valence-corrected chi connectivity index (χ3v) is 2.59. The Kier molecular flexibility index (Phi) is 3.28. The maximum atomic E-state index is 13.2. The molecule has 2 N–H and O–H groups in total. The molecule has 1 aromatic carbocycles. The van der Waals surface area contributed by atoms with E-state index >= 15 is 0 Å². The summed E-state index contributed by atoms with van der Waals surface area (Å²) in [6, 6.07) is 8.30. The number of halogens is 1. The topological polar surface area (TPSA) is 85.3 Å². The number of anilines is 3. The van der Waals surface area contributed by atoms with E-state index in [0.29, 0.717) is 5.69 Å². The SMILES string of the molecule is CN(c1cccc(F)c1)c1nc(N)ccc1[N+](=O)[O-]. The van der Waals surface area contributed by atoms with E-state index in [1.807, 2.05) is 0 Å². The summed E-state index contributed by atoms with van der Waals surface area (Å²) >= 11 is 0. The van der Waals surface area contributed by atoms with Crippen LogP contribution in [0.4, 0.5) is 27.4 Å². The molecule has 0 fully saturated rings. The molecule has 0 amide bonds. The number of nitrogens with zero attached hydrogens (tertiary/aromatic N) is 3. The van der Waals surface area contributed by atoms with Gasteiger partial charge >= 0.3 is 5.69 Å². The third kappa shape index (κ3) is 2.59. The standard InChI is InChI=1S/C12H11FN4O2/c1-16(9-4-2-3-8(13)7-9)12-10(17(18)19)5-6-11(14)15-12/h2-7H,1H3,(H2,14,15). The molecule has 2 rings (SSSR count). The molecule has 6 nitrogen and oxygen atoms in total. The predicted octanol–water partition coefficient (Wildman–Crippen LogP) is 2.48. The van der Waals surface area contributed by atoms with Gasteiger partial charge in [-0.25, -0.2) is 9.37 Å². The molecule has 0 spiro atoms. The Morgan fingerprint density at radius 1 is 1.37 bits per heavy atom. The van der Waals surface area contributed by atoms with E-state index < -0.39 is 10.7 Å². The zero-order chi connectivity index (χ0) is 14.0. The molecule has 0 aliphatic carbocycles. The van der Waals surface area contributed by atoms with Crippen molar-refractivity contribution in [3.05, 3.63) is 52.3 Å². The summed E-state index contributed by atoms with van der Waals surface area (Å²) in [7, 11) is 1.56. The van der Waals surface area contributed by atoms with Crippen LogP contribution in [-0.2, 0) is 0 Å². The average molecular weight is 262 g/mol. The minimum absolute atomic E-state index is 0.0654. The van der Waals surface area contributed by atoms with Gasteiger partial charge in [-0.3, -0.25) is 10.1 Å². The smallest absolute Gasteiger partial charge is 0.312 e. The van der Waals surface area contributed by atoms with Crippen molar-refractivity contribution in [2.45, 2.75) is 0 Å². The lowest BCUT2D eigenvalue weighted by Gasteiger charge is -2.18. The summed E-state index contributed by atoms with van der Waals surface area (Å²) in [5.41, 5.74) is 5.79. The van der Waals surface area contributed by atoms with Gasteiger partial charge in [-0.05, 0) is 24.3 Å². The molecular formula is C12H11FN4O2. The molecule has 0 unspecified atom stereocenters. The highest BCUT2D eigenvalue weighted by Gasteiger charge is 2.20. The van der Waals surface area contributed by atoms with Crippen molar-refractivity contribution in [2.24, 2.45) is 0 Å². The van der Waals surface area contributed by atoms with Gasteiger partial charge in [-0.15, -0.1) is 0 Å². The lowest BCUT2D eigenvalue weighted by atomic mass is 10.2. The van der Waals surface area contributed by atoms with Crippen molar-refractivity contribution in [1.82, 2.24) is 4.98 Å². The van der Waals surface area contributed by atoms with Gasteiger partial charge in [0.2, 0.25) is 5.82 Å². The van der Waals surface area contributed by atoms with Crippen molar-refractivity contribution >= 4 is 23.0 Å². The zero-order valence-electron chi connectivity index (χ0n) is 10.1. The summed E-state index contributed by atoms with van der Waals surface area (Å²) in [5, 5.41) is 11.0. The Bertz CT molecular complexity index is 633. The molecule has 1 heterocycles. The largest absolute Gasteiger partial charge is 0.384 e. The Morgan fingerprint density at radius 2 is 2.11 bits per heavy atom. The molecule has 7 heteroatoms. The predicted molar refractivity (Wildman–Crippen MR) is 69.8 cm³/mol. The summed E-state index contributed by atoms with van der Waals surface area (Å²) in [4.78, 5) is 15.8. The molecule has 19 heavy (non-hydrogen) atoms. The summed E-state index contributed by atoms with van der Waals surface area (Å²) in [5.74, 6) is -0.213. The molecular weight excluding hydrogens is 251 g/mol. The first kappa shape index (κ1) is 12.7. The highest BCUT2D eigenvalue weighted by Crippen LogP contribution is 2.31. The van der Waals surface area contributed by atoms with Crippen LogP contribution in [0.15, 0.2) is 36.4 Å². The fraction of sp³-hybridized carbons (Fsp3) is 0.0833. The highest BCUT2D eigenvalue weighted by atomic mass is 19.1. The molecule has 0 saturated heterocycles. The van der Waals surface area contributed by atoms with Crippen molar-refractivity contribution in [3.8, 4) is 0 Å². The van der Waals surface area contributed by atoms with Crippen LogP contribution in [0.1, 0.15) is 0 Å². The van der Waals surface area contributed by atoms with Gasteiger partial charge in [-0.2, -0.15) is 0 Å². The minimum atomic E-state index is -0.558. The summed E-state index contributed by atoms with van der Waals surface area (Å²) in [6.07, 6.45) is 0. The van der Waals surface area contributed by atoms with E-state index in [2.05, 4.69) is 4.98 Å². The molecule has 0 saturated carbocycles. The molecule has 0 bridgehead atoms. The van der Waals surface area contributed by atoms with Crippen LogP contribution >= 0.6 is 0 Å². The van der Waals surface area contributed by atoms with Crippen molar-refractivity contribution < 1.29 is 9.31 Å². The molecule has 0 atom stereocenters. The van der Waals surface area contributed by atoms with Crippen molar-refractivity contribution in [3.63, 3.8) is 0 Å². The lowest BCUT2D eigenvalue weighted by molar-refractivity contribution is -0.384. The Labute approximate surface area is 108 Å². The monoisotopic (exact) mass is 262 g/mol. The minimum Gasteiger partial charge on any atom is -0.384 e. The summed E-state index contributed by atoms with van der Waals surface area (Å²) in [6.45, 7) is 0. The maximum absolute atomic E-state index is 13.2. The van der Waals surface area contributed by atoms with E-state index in [1.54, 1.807) is 13.1 Å². The number of aromatic nitrogens is 1. The van der Waals surface area contributed by atoms with Crippen LogP contribution in [0, 0.1) is 15.9 Å². The Balaban J connectivity index is 2.51. The number of pyridine rings is 1. The number of nitrogen functional groups attached to an aromatic ring is 1. The van der Waals surface area contributed by atoms with Gasteiger partial charge in [-0.1, -0.05) is 6.07 Å². The highest BCUT2D eigenvalue weighted by molar-refractivity contribution is 5.69. The van der Waals surface area contributed by atoms with Crippen LogP contribution in [0.5, 0.6) is 0 Å². The second-order valence-electron chi connectivity index (χ2n) is 3.87. The summed E-state index contributed by atoms with van der Waals surface area (Å²) < 4.78 is 13.2. The molecule has 98 valence electrons. The van der Waals surface area contributed by atoms with E-state index in [-0.39, 0.29) is 17.3 Å². The first-order valence-electron chi connectivity index (χ1n) is 5.39. The number of hydrogen-bond acceptors (Lipinski definition) is 5. The molecule has 0 radical (unpaired) electrons. The third-order valence-electron chi connectivity index (χ3n) is 2.59. The number of nitro groups is 1. The fourth-order valence-corrected chi connectivity index (χ4v) is 1.65. The average Bonchev–Trinajstić information content (AvgIpc) is 2.37. The van der Waals surface area contributed by atoms with E-state index in [4.69, 9.17) is 5.73 Å². The first-order chi connectivity index (χ1) is 8.99.